The molecular weight excluding hydrogens is 645 g/mol. The van der Waals surface area contributed by atoms with E-state index in [2.05, 4.69) is 187 Å². The summed E-state index contributed by atoms with van der Waals surface area (Å²) in [6.07, 6.45) is 7.33. The number of benzene rings is 6. The number of allylic oxidation sites excluding steroid dienone is 4. The molecule has 4 nitrogen and oxygen atoms in total. The Morgan fingerprint density at radius 1 is 0.528 bits per heavy atom. The Morgan fingerprint density at radius 3 is 1.60 bits per heavy atom. The quantitative estimate of drug-likeness (QED) is 0.124. The van der Waals surface area contributed by atoms with Crippen LogP contribution in [-0.4, -0.2) is 11.9 Å². The van der Waals surface area contributed by atoms with Crippen LogP contribution in [0.4, 0.5) is 11.4 Å². The Bertz CT molecular complexity index is 2080. The number of hydrogen-bond acceptors (Lipinski definition) is 4. The van der Waals surface area contributed by atoms with E-state index in [0.717, 1.165) is 0 Å². The summed E-state index contributed by atoms with van der Waals surface area (Å²) in [5.74, 6) is 0. The van der Waals surface area contributed by atoms with Gasteiger partial charge in [0.05, 0.1) is 12.1 Å². The number of fused-ring (bicyclic) bond motifs is 3. The van der Waals surface area contributed by atoms with Gasteiger partial charge in [-0.2, -0.15) is 0 Å². The highest BCUT2D eigenvalue weighted by Crippen LogP contribution is 2.43. The minimum Gasteiger partial charge on any atom is -0.366 e. The Morgan fingerprint density at radius 2 is 1.02 bits per heavy atom. The summed E-state index contributed by atoms with van der Waals surface area (Å²) in [6, 6.07) is 52.9. The molecule has 2 aliphatic rings. The Hall–Kier alpha value is -5.68. The van der Waals surface area contributed by atoms with E-state index < -0.39 is 0 Å². The third-order valence-corrected chi connectivity index (χ3v) is 9.55. The van der Waals surface area contributed by atoms with Gasteiger partial charge in [0.15, 0.2) is 0 Å². The maximum absolute atomic E-state index is 3.88. The molecule has 0 spiro atoms. The third-order valence-electron chi connectivity index (χ3n) is 9.55. The molecule has 270 valence electrons. The molecule has 2 heterocycles. The number of nitrogens with one attached hydrogen (secondary N) is 3. The molecule has 2 aliphatic heterocycles. The van der Waals surface area contributed by atoms with Crippen molar-refractivity contribution in [3.63, 3.8) is 0 Å². The van der Waals surface area contributed by atoms with Gasteiger partial charge in [-0.1, -0.05) is 173 Å². The highest BCUT2D eigenvalue weighted by molar-refractivity contribution is 5.84. The molecule has 8 rings (SSSR count). The minimum absolute atomic E-state index is 0.00143. The van der Waals surface area contributed by atoms with Crippen LogP contribution in [-0.2, 0) is 0 Å². The molecule has 0 saturated carbocycles. The molecule has 0 fully saturated rings. The molecule has 6 aromatic rings. The first kappa shape index (κ1) is 38.5. The highest BCUT2D eigenvalue weighted by Gasteiger charge is 2.33. The Labute approximate surface area is 317 Å². The molecule has 0 aromatic heterocycles. The van der Waals surface area contributed by atoms with E-state index in [1.807, 2.05) is 39.8 Å². The van der Waals surface area contributed by atoms with Crippen LogP contribution in [0.2, 0.25) is 0 Å². The first-order valence-corrected chi connectivity index (χ1v) is 18.7. The van der Waals surface area contributed by atoms with Crippen molar-refractivity contribution in [2.75, 3.05) is 17.7 Å². The molecule has 3 N–H and O–H groups in total. The van der Waals surface area contributed by atoms with Crippen molar-refractivity contribution in [1.82, 2.24) is 10.2 Å². The number of nitrogens with zero attached hydrogens (tertiary/aromatic N) is 1. The summed E-state index contributed by atoms with van der Waals surface area (Å²) in [4.78, 5) is 2.45. The average Bonchev–Trinajstić information content (AvgIpc) is 3.24. The average molecular weight is 699 g/mol. The van der Waals surface area contributed by atoms with Gasteiger partial charge >= 0.3 is 0 Å². The summed E-state index contributed by atoms with van der Waals surface area (Å²) in [7, 11) is 2.22. The molecule has 0 aliphatic carbocycles. The number of hydrogen-bond donors (Lipinski definition) is 3. The van der Waals surface area contributed by atoms with Gasteiger partial charge in [-0.3, -0.25) is 10.2 Å². The van der Waals surface area contributed by atoms with E-state index in [1.165, 1.54) is 55.5 Å². The fourth-order valence-corrected chi connectivity index (χ4v) is 6.92. The highest BCUT2D eigenvalue weighted by atomic mass is 15.3. The van der Waals surface area contributed by atoms with E-state index in [9.17, 15) is 0 Å². The third kappa shape index (κ3) is 9.04. The zero-order valence-electron chi connectivity index (χ0n) is 31.8. The van der Waals surface area contributed by atoms with Gasteiger partial charge < -0.3 is 10.6 Å². The second-order valence-electron chi connectivity index (χ2n) is 12.8. The lowest BCUT2D eigenvalue weighted by Gasteiger charge is -2.42. The molecule has 4 atom stereocenters. The predicted molar refractivity (Wildman–Crippen MR) is 229 cm³/mol. The van der Waals surface area contributed by atoms with Crippen LogP contribution >= 0.6 is 0 Å². The van der Waals surface area contributed by atoms with Crippen molar-refractivity contribution in [1.29, 1.82) is 0 Å². The van der Waals surface area contributed by atoms with E-state index in [-0.39, 0.29) is 24.4 Å². The van der Waals surface area contributed by atoms with Crippen LogP contribution in [0.3, 0.4) is 0 Å². The van der Waals surface area contributed by atoms with Crippen LogP contribution in [0.1, 0.15) is 85.5 Å². The van der Waals surface area contributed by atoms with Crippen LogP contribution in [0, 0.1) is 0 Å². The van der Waals surface area contributed by atoms with Crippen LogP contribution in [0.15, 0.2) is 183 Å². The summed E-state index contributed by atoms with van der Waals surface area (Å²) in [5.41, 5.74) is 10.00. The standard InChI is InChI=1S/C39H34N4.C4H8.C4H6.C2H6/c1-43-37(27-14-6-3-7-15-27)33-17-9-11-19-35(33)41-39(43)31-23-21-28-24-30(22-20-29(28)25-31)38-40-34-18-10-8-16-32(34)36(42-38)26-12-4-2-5-13-26;2*1-3-4-2;1-2/h2-25,36-42H,1H3;3-4H,1-2H3;3-4H,1-2H2;1-2H3/b;4-3-;;. The normalized spacial score (nSPS) is 18.5. The molecule has 0 amide bonds. The topological polar surface area (TPSA) is 39.3 Å². The van der Waals surface area contributed by atoms with Crippen molar-refractivity contribution in [3.8, 4) is 0 Å². The monoisotopic (exact) mass is 698 g/mol. The van der Waals surface area contributed by atoms with Gasteiger partial charge in [0.25, 0.3) is 0 Å². The fourth-order valence-electron chi connectivity index (χ4n) is 6.92. The largest absolute Gasteiger partial charge is 0.366 e. The van der Waals surface area contributed by atoms with Crippen molar-refractivity contribution < 1.29 is 0 Å². The number of rotatable bonds is 5. The van der Waals surface area contributed by atoms with Crippen molar-refractivity contribution in [2.24, 2.45) is 0 Å². The molecule has 0 saturated heterocycles. The minimum atomic E-state index is -0.00143. The van der Waals surface area contributed by atoms with Gasteiger partial charge in [0.2, 0.25) is 0 Å². The van der Waals surface area contributed by atoms with E-state index in [4.69, 9.17) is 0 Å². The molecule has 6 aromatic carbocycles. The second kappa shape index (κ2) is 19.2. The summed E-state index contributed by atoms with van der Waals surface area (Å²) in [5, 5.41) is 13.9. The van der Waals surface area contributed by atoms with E-state index >= 15 is 0 Å². The lowest BCUT2D eigenvalue weighted by Crippen LogP contribution is -2.38. The maximum Gasteiger partial charge on any atom is 0.106 e. The van der Waals surface area contributed by atoms with Crippen LogP contribution < -0.4 is 16.0 Å². The Balaban J connectivity index is 0.000000488. The van der Waals surface area contributed by atoms with Gasteiger partial charge in [-0.05, 0) is 89.3 Å². The molecule has 0 bridgehead atoms. The number of anilines is 2. The number of para-hydroxylation sites is 2. The molecule has 53 heavy (non-hydrogen) atoms. The second-order valence-corrected chi connectivity index (χ2v) is 12.8. The summed E-state index contributed by atoms with van der Waals surface area (Å²) < 4.78 is 0. The zero-order chi connectivity index (χ0) is 37.6. The van der Waals surface area contributed by atoms with Crippen molar-refractivity contribution >= 4 is 22.1 Å². The first-order valence-electron chi connectivity index (χ1n) is 18.7. The van der Waals surface area contributed by atoms with Crippen LogP contribution in [0.25, 0.3) is 10.8 Å². The first-order chi connectivity index (χ1) is 26.1. The molecular formula is C49H54N4. The van der Waals surface area contributed by atoms with Crippen molar-refractivity contribution in [3.05, 3.63) is 216 Å². The SMILES string of the molecule is C/C=C\C.C=CC=C.CC.CN1C(c2ccc3cc(C4Nc5ccccc5C(c5ccccc5)N4)ccc3c2)Nc2ccccc2C1c1ccccc1. The van der Waals surface area contributed by atoms with E-state index in [0.29, 0.717) is 0 Å². The molecule has 4 heteroatoms. The predicted octanol–water partition coefficient (Wildman–Crippen LogP) is 12.8. The van der Waals surface area contributed by atoms with Gasteiger partial charge in [-0.15, -0.1) is 0 Å². The van der Waals surface area contributed by atoms with Crippen molar-refractivity contribution in [2.45, 2.75) is 52.1 Å². The lowest BCUT2D eigenvalue weighted by molar-refractivity contribution is 0.209. The summed E-state index contributed by atoms with van der Waals surface area (Å²) in [6.45, 7) is 14.7. The van der Waals surface area contributed by atoms with Gasteiger partial charge in [0.1, 0.15) is 12.3 Å². The van der Waals surface area contributed by atoms with Gasteiger partial charge in [0, 0.05) is 11.4 Å². The van der Waals surface area contributed by atoms with E-state index in [1.54, 1.807) is 12.2 Å². The van der Waals surface area contributed by atoms with Gasteiger partial charge in [-0.25, -0.2) is 0 Å². The maximum atomic E-state index is 3.88. The molecule has 0 radical (unpaired) electrons. The fraction of sp³-hybridized carbons (Fsp3) is 0.184. The smallest absolute Gasteiger partial charge is 0.106 e. The zero-order valence-corrected chi connectivity index (χ0v) is 31.8. The molecule has 4 unspecified atom stereocenters. The Kier molecular flexibility index (Phi) is 14.0. The summed E-state index contributed by atoms with van der Waals surface area (Å²) >= 11 is 0. The van der Waals surface area contributed by atoms with Crippen LogP contribution in [0.5, 0.6) is 0 Å². The lowest BCUT2D eigenvalue weighted by atomic mass is 9.91.